The van der Waals surface area contributed by atoms with E-state index in [2.05, 4.69) is 9.71 Å². The topological polar surface area (TPSA) is 109 Å². The Labute approximate surface area is 167 Å². The third-order valence-corrected chi connectivity index (χ3v) is 7.82. The van der Waals surface area contributed by atoms with Gasteiger partial charge in [-0.2, -0.15) is 0 Å². The van der Waals surface area contributed by atoms with E-state index in [0.29, 0.717) is 52.7 Å². The van der Waals surface area contributed by atoms with E-state index in [1.165, 1.54) is 18.4 Å². The molecule has 0 aromatic carbocycles. The van der Waals surface area contributed by atoms with Crippen LogP contribution in [0.1, 0.15) is 44.9 Å². The number of nitrogens with one attached hydrogen (secondary N) is 2. The number of thiophene rings is 1. The van der Waals surface area contributed by atoms with Crippen molar-refractivity contribution in [2.75, 3.05) is 20.2 Å². The SMILES string of the molecule is COC(=O)c1c(C)[nH]c(C(=O)N2CCC(NS(=O)(=O)c3cccs3)CC2)c1C. The van der Waals surface area contributed by atoms with E-state index in [4.69, 9.17) is 4.74 Å². The first-order valence-electron chi connectivity index (χ1n) is 8.87. The number of aromatic amines is 1. The maximum absolute atomic E-state index is 12.9. The molecule has 0 bridgehead atoms. The van der Waals surface area contributed by atoms with Gasteiger partial charge in [-0.1, -0.05) is 6.07 Å². The van der Waals surface area contributed by atoms with Gasteiger partial charge in [-0.25, -0.2) is 17.9 Å². The zero-order valence-corrected chi connectivity index (χ0v) is 17.6. The maximum Gasteiger partial charge on any atom is 0.339 e. The summed E-state index contributed by atoms with van der Waals surface area (Å²) in [7, 11) is -2.22. The third-order valence-electron chi connectivity index (χ3n) is 4.90. The van der Waals surface area contributed by atoms with Gasteiger partial charge in [0, 0.05) is 24.8 Å². The third kappa shape index (κ3) is 3.98. The second-order valence-corrected chi connectivity index (χ2v) is 9.62. The molecule has 0 spiro atoms. The Bertz CT molecular complexity index is 971. The molecule has 0 unspecified atom stereocenters. The van der Waals surface area contributed by atoms with Crippen LogP contribution in [0, 0.1) is 13.8 Å². The number of hydrogen-bond donors (Lipinski definition) is 2. The Morgan fingerprint density at radius 3 is 2.54 bits per heavy atom. The lowest BCUT2D eigenvalue weighted by atomic mass is 10.0. The quantitative estimate of drug-likeness (QED) is 0.713. The highest BCUT2D eigenvalue weighted by molar-refractivity contribution is 7.91. The van der Waals surface area contributed by atoms with Gasteiger partial charge in [0.05, 0.1) is 12.7 Å². The lowest BCUT2D eigenvalue weighted by molar-refractivity contribution is 0.0599. The molecule has 28 heavy (non-hydrogen) atoms. The van der Waals surface area contributed by atoms with Crippen LogP contribution in [-0.4, -0.2) is 56.4 Å². The minimum absolute atomic E-state index is 0.199. The van der Waals surface area contributed by atoms with Crippen LogP contribution in [0.25, 0.3) is 0 Å². The normalized spacial score (nSPS) is 15.6. The summed E-state index contributed by atoms with van der Waals surface area (Å²) < 4.78 is 32.5. The number of likely N-dealkylation sites (tertiary alicyclic amines) is 1. The molecule has 1 amide bonds. The van der Waals surface area contributed by atoms with Crippen LogP contribution < -0.4 is 4.72 Å². The van der Waals surface area contributed by atoms with E-state index < -0.39 is 16.0 Å². The summed E-state index contributed by atoms with van der Waals surface area (Å²) in [5, 5.41) is 1.72. The molecule has 1 fully saturated rings. The van der Waals surface area contributed by atoms with E-state index in [1.54, 1.807) is 36.3 Å². The van der Waals surface area contributed by atoms with Crippen LogP contribution in [0.2, 0.25) is 0 Å². The number of carbonyl (C=O) groups is 2. The standard InChI is InChI=1S/C18H23N3O5S2/c1-11-15(18(23)26-3)12(2)19-16(11)17(22)21-8-6-13(7-9-21)20-28(24,25)14-5-4-10-27-14/h4-5,10,13,19-20H,6-9H2,1-3H3. The molecule has 2 N–H and O–H groups in total. The molecular formula is C18H23N3O5S2. The summed E-state index contributed by atoms with van der Waals surface area (Å²) in [4.78, 5) is 29.5. The number of rotatable bonds is 5. The van der Waals surface area contributed by atoms with Gasteiger partial charge in [0.15, 0.2) is 0 Å². The first kappa shape index (κ1) is 20.6. The van der Waals surface area contributed by atoms with Crippen LogP contribution in [0.5, 0.6) is 0 Å². The van der Waals surface area contributed by atoms with Crippen molar-refractivity contribution in [3.05, 3.63) is 40.0 Å². The number of piperidine rings is 1. The number of H-pyrrole nitrogens is 1. The number of aromatic nitrogens is 1. The largest absolute Gasteiger partial charge is 0.465 e. The highest BCUT2D eigenvalue weighted by Crippen LogP contribution is 2.23. The Morgan fingerprint density at radius 2 is 1.96 bits per heavy atom. The summed E-state index contributed by atoms with van der Waals surface area (Å²) in [5.41, 5.74) is 1.90. The summed E-state index contributed by atoms with van der Waals surface area (Å²) in [5.74, 6) is -0.678. The summed E-state index contributed by atoms with van der Waals surface area (Å²) in [6.45, 7) is 4.30. The molecule has 1 saturated heterocycles. The number of nitrogens with zero attached hydrogens (tertiary/aromatic N) is 1. The fraction of sp³-hybridized carbons (Fsp3) is 0.444. The molecule has 1 aliphatic rings. The van der Waals surface area contributed by atoms with Crippen molar-refractivity contribution in [1.29, 1.82) is 0 Å². The lowest BCUT2D eigenvalue weighted by Gasteiger charge is -2.32. The van der Waals surface area contributed by atoms with E-state index >= 15 is 0 Å². The van der Waals surface area contributed by atoms with E-state index in [1.807, 2.05) is 0 Å². The number of hydrogen-bond acceptors (Lipinski definition) is 6. The number of carbonyl (C=O) groups excluding carboxylic acids is 2. The molecule has 8 nitrogen and oxygen atoms in total. The van der Waals surface area contributed by atoms with Crippen LogP contribution in [0.15, 0.2) is 21.7 Å². The van der Waals surface area contributed by atoms with Crippen molar-refractivity contribution in [1.82, 2.24) is 14.6 Å². The van der Waals surface area contributed by atoms with Gasteiger partial charge in [0.1, 0.15) is 9.90 Å². The molecule has 2 aromatic heterocycles. The fourth-order valence-corrected chi connectivity index (χ4v) is 5.74. The number of esters is 1. The molecule has 3 heterocycles. The van der Waals surface area contributed by atoms with Crippen molar-refractivity contribution < 1.29 is 22.7 Å². The van der Waals surface area contributed by atoms with E-state index in [0.717, 1.165) is 0 Å². The Balaban J connectivity index is 1.65. The van der Waals surface area contributed by atoms with Gasteiger partial charge in [-0.05, 0) is 43.7 Å². The highest BCUT2D eigenvalue weighted by Gasteiger charge is 2.30. The van der Waals surface area contributed by atoms with Crippen LogP contribution >= 0.6 is 11.3 Å². The second kappa shape index (κ2) is 8.06. The number of sulfonamides is 1. The minimum atomic E-state index is -3.52. The molecule has 10 heteroatoms. The Kier molecular flexibility index (Phi) is 5.92. The monoisotopic (exact) mass is 425 g/mol. The summed E-state index contributed by atoms with van der Waals surface area (Å²) >= 11 is 1.17. The van der Waals surface area contributed by atoms with E-state index in [9.17, 15) is 18.0 Å². The molecule has 0 aliphatic carbocycles. The first-order chi connectivity index (χ1) is 13.2. The van der Waals surface area contributed by atoms with Crippen molar-refractivity contribution in [3.63, 3.8) is 0 Å². The first-order valence-corrected chi connectivity index (χ1v) is 11.2. The van der Waals surface area contributed by atoms with Gasteiger partial charge in [-0.3, -0.25) is 4.79 Å². The molecule has 1 aliphatic heterocycles. The lowest BCUT2D eigenvalue weighted by Crippen LogP contribution is -2.46. The number of ether oxygens (including phenoxy) is 1. The second-order valence-electron chi connectivity index (χ2n) is 6.74. The number of methoxy groups -OCH3 is 1. The predicted molar refractivity (Wildman–Crippen MR) is 105 cm³/mol. The van der Waals surface area contributed by atoms with Crippen LogP contribution in [0.4, 0.5) is 0 Å². The van der Waals surface area contributed by atoms with Crippen molar-refractivity contribution >= 4 is 33.2 Å². The van der Waals surface area contributed by atoms with E-state index in [-0.39, 0.29) is 11.9 Å². The molecule has 0 radical (unpaired) electrons. The Hall–Kier alpha value is -2.17. The maximum atomic E-state index is 12.9. The molecular weight excluding hydrogens is 402 g/mol. The van der Waals surface area contributed by atoms with Crippen LogP contribution in [0.3, 0.4) is 0 Å². The molecule has 3 rings (SSSR count). The van der Waals surface area contributed by atoms with Crippen LogP contribution in [-0.2, 0) is 14.8 Å². The average molecular weight is 426 g/mol. The molecule has 152 valence electrons. The summed E-state index contributed by atoms with van der Waals surface area (Å²) in [6.07, 6.45) is 1.05. The highest BCUT2D eigenvalue weighted by atomic mass is 32.2. The van der Waals surface area contributed by atoms with Gasteiger partial charge in [0.25, 0.3) is 5.91 Å². The Morgan fingerprint density at radius 1 is 1.29 bits per heavy atom. The zero-order valence-electron chi connectivity index (χ0n) is 15.9. The molecule has 0 saturated carbocycles. The smallest absolute Gasteiger partial charge is 0.339 e. The molecule has 0 atom stereocenters. The number of amides is 1. The minimum Gasteiger partial charge on any atom is -0.465 e. The van der Waals surface area contributed by atoms with Gasteiger partial charge in [-0.15, -0.1) is 11.3 Å². The van der Waals surface area contributed by atoms with Crippen molar-refractivity contribution in [2.45, 2.75) is 36.9 Å². The van der Waals surface area contributed by atoms with Gasteiger partial charge >= 0.3 is 5.97 Å². The molecule has 2 aromatic rings. The summed E-state index contributed by atoms with van der Waals surface area (Å²) in [6, 6.07) is 3.05. The fourth-order valence-electron chi connectivity index (χ4n) is 3.42. The predicted octanol–water partition coefficient (Wildman–Crippen LogP) is 2.06. The van der Waals surface area contributed by atoms with Crippen molar-refractivity contribution in [2.24, 2.45) is 0 Å². The zero-order chi connectivity index (χ0) is 20.5. The average Bonchev–Trinajstić information content (AvgIpc) is 3.30. The van der Waals surface area contributed by atoms with Gasteiger partial charge < -0.3 is 14.6 Å². The number of aryl methyl sites for hydroxylation is 1. The van der Waals surface area contributed by atoms with Gasteiger partial charge in [0.2, 0.25) is 10.0 Å². The van der Waals surface area contributed by atoms with Crippen molar-refractivity contribution in [3.8, 4) is 0 Å².